The van der Waals surface area contributed by atoms with E-state index in [9.17, 15) is 0 Å². The summed E-state index contributed by atoms with van der Waals surface area (Å²) in [7, 11) is 6.41. The minimum Gasteiger partial charge on any atom is -0.495 e. The molecule has 0 fully saturated rings. The molecule has 0 bridgehead atoms. The van der Waals surface area contributed by atoms with Crippen LogP contribution < -0.4 is 24.3 Å². The lowest BCUT2D eigenvalue weighted by atomic mass is 10.2. The van der Waals surface area contributed by atoms with Crippen molar-refractivity contribution >= 4 is 38.3 Å². The Balaban J connectivity index is 2.02. The van der Waals surface area contributed by atoms with Crippen LogP contribution in [-0.2, 0) is 4.74 Å². The standard InChI is InChI=1S/C20H22BrN3O5/c1-25-5-6-29-19-9-14-12(7-18(19)28-4)20(23-11-22-14)24-15-10-16(26-2)13(21)8-17(15)27-3/h7-11H,5-6H2,1-4H3,(H,22,23,24). The van der Waals surface area contributed by atoms with Gasteiger partial charge in [-0.3, -0.25) is 0 Å². The van der Waals surface area contributed by atoms with E-state index >= 15 is 0 Å². The van der Waals surface area contributed by atoms with Gasteiger partial charge < -0.3 is 29.0 Å². The van der Waals surface area contributed by atoms with Crippen molar-refractivity contribution in [2.75, 3.05) is 47.0 Å². The monoisotopic (exact) mass is 463 g/mol. The number of anilines is 2. The van der Waals surface area contributed by atoms with Crippen LogP contribution in [0.4, 0.5) is 11.5 Å². The fraction of sp³-hybridized carbons (Fsp3) is 0.300. The topological polar surface area (TPSA) is 84.0 Å². The molecule has 9 heteroatoms. The van der Waals surface area contributed by atoms with Crippen LogP contribution in [0.2, 0.25) is 0 Å². The van der Waals surface area contributed by atoms with Crippen LogP contribution in [0.15, 0.2) is 35.1 Å². The van der Waals surface area contributed by atoms with Crippen molar-refractivity contribution in [2.24, 2.45) is 0 Å². The molecule has 29 heavy (non-hydrogen) atoms. The fourth-order valence-electron chi connectivity index (χ4n) is 2.76. The lowest BCUT2D eigenvalue weighted by Crippen LogP contribution is -2.06. The molecule has 0 aliphatic rings. The number of benzene rings is 2. The van der Waals surface area contributed by atoms with E-state index in [4.69, 9.17) is 23.7 Å². The van der Waals surface area contributed by atoms with Gasteiger partial charge in [0.1, 0.15) is 30.3 Å². The number of ether oxygens (including phenoxy) is 5. The zero-order valence-electron chi connectivity index (χ0n) is 16.6. The van der Waals surface area contributed by atoms with Crippen LogP contribution >= 0.6 is 15.9 Å². The molecule has 1 aromatic heterocycles. The van der Waals surface area contributed by atoms with E-state index in [0.29, 0.717) is 53.2 Å². The molecule has 3 aromatic rings. The summed E-state index contributed by atoms with van der Waals surface area (Å²) in [6, 6.07) is 7.31. The Labute approximate surface area is 177 Å². The molecule has 3 rings (SSSR count). The first kappa shape index (κ1) is 20.9. The molecule has 0 radical (unpaired) electrons. The Kier molecular flexibility index (Phi) is 6.95. The molecule has 0 atom stereocenters. The zero-order chi connectivity index (χ0) is 20.8. The van der Waals surface area contributed by atoms with Crippen LogP contribution in [0.1, 0.15) is 0 Å². The second kappa shape index (κ2) is 9.62. The van der Waals surface area contributed by atoms with Crippen molar-refractivity contribution in [2.45, 2.75) is 0 Å². The first-order chi connectivity index (χ1) is 14.1. The van der Waals surface area contributed by atoms with E-state index in [1.54, 1.807) is 28.4 Å². The molecule has 1 heterocycles. The molecule has 0 saturated heterocycles. The van der Waals surface area contributed by atoms with Gasteiger partial charge in [0.15, 0.2) is 11.5 Å². The van der Waals surface area contributed by atoms with E-state index in [0.717, 1.165) is 9.86 Å². The van der Waals surface area contributed by atoms with Gasteiger partial charge in [-0.15, -0.1) is 0 Å². The highest BCUT2D eigenvalue weighted by Gasteiger charge is 2.15. The highest BCUT2D eigenvalue weighted by Crippen LogP contribution is 2.39. The van der Waals surface area contributed by atoms with Crippen LogP contribution in [0.5, 0.6) is 23.0 Å². The van der Waals surface area contributed by atoms with Crippen LogP contribution in [-0.4, -0.2) is 51.6 Å². The largest absolute Gasteiger partial charge is 0.495 e. The van der Waals surface area contributed by atoms with Crippen molar-refractivity contribution < 1.29 is 23.7 Å². The summed E-state index contributed by atoms with van der Waals surface area (Å²) in [5, 5.41) is 4.07. The quantitative estimate of drug-likeness (QED) is 0.472. The Hall–Kier alpha value is -2.78. The molecular weight excluding hydrogens is 442 g/mol. The van der Waals surface area contributed by atoms with Gasteiger partial charge in [0.25, 0.3) is 0 Å². The van der Waals surface area contributed by atoms with Crippen LogP contribution in [0.3, 0.4) is 0 Å². The summed E-state index contributed by atoms with van der Waals surface area (Å²) in [6.45, 7) is 0.882. The number of hydrogen-bond acceptors (Lipinski definition) is 8. The number of hydrogen-bond donors (Lipinski definition) is 1. The highest BCUT2D eigenvalue weighted by molar-refractivity contribution is 9.10. The van der Waals surface area contributed by atoms with E-state index in [1.807, 2.05) is 24.3 Å². The van der Waals surface area contributed by atoms with Crippen LogP contribution in [0, 0.1) is 0 Å². The fourth-order valence-corrected chi connectivity index (χ4v) is 3.24. The lowest BCUT2D eigenvalue weighted by Gasteiger charge is -2.16. The lowest BCUT2D eigenvalue weighted by molar-refractivity contribution is 0.144. The smallest absolute Gasteiger partial charge is 0.163 e. The third-order valence-electron chi connectivity index (χ3n) is 4.19. The maximum absolute atomic E-state index is 5.74. The third kappa shape index (κ3) is 4.63. The first-order valence-corrected chi connectivity index (χ1v) is 9.53. The van der Waals surface area contributed by atoms with Crippen LogP contribution in [0.25, 0.3) is 10.9 Å². The number of nitrogens with one attached hydrogen (secondary N) is 1. The molecule has 154 valence electrons. The molecule has 2 aromatic carbocycles. The number of nitrogens with zero attached hydrogens (tertiary/aromatic N) is 2. The second-order valence-corrected chi connectivity index (χ2v) is 6.75. The van der Waals surface area contributed by atoms with E-state index in [2.05, 4.69) is 31.2 Å². The average molecular weight is 464 g/mol. The number of aromatic nitrogens is 2. The molecule has 0 saturated carbocycles. The molecule has 1 N–H and O–H groups in total. The van der Waals surface area contributed by atoms with Gasteiger partial charge in [-0.25, -0.2) is 9.97 Å². The molecular formula is C20H22BrN3O5. The Morgan fingerprint density at radius 2 is 1.59 bits per heavy atom. The van der Waals surface area contributed by atoms with Gasteiger partial charge >= 0.3 is 0 Å². The molecule has 8 nitrogen and oxygen atoms in total. The Morgan fingerprint density at radius 3 is 2.28 bits per heavy atom. The number of methoxy groups -OCH3 is 4. The minimum atomic E-state index is 0.407. The van der Waals surface area contributed by atoms with Gasteiger partial charge in [-0.05, 0) is 22.0 Å². The molecule has 0 amide bonds. The molecule has 0 unspecified atom stereocenters. The summed E-state index contributed by atoms with van der Waals surface area (Å²) < 4.78 is 27.9. The predicted octanol–water partition coefficient (Wildman–Crippen LogP) is 4.19. The van der Waals surface area contributed by atoms with Crippen molar-refractivity contribution in [1.82, 2.24) is 9.97 Å². The second-order valence-electron chi connectivity index (χ2n) is 5.90. The molecule has 0 spiro atoms. The third-order valence-corrected chi connectivity index (χ3v) is 4.81. The van der Waals surface area contributed by atoms with Crippen molar-refractivity contribution in [3.63, 3.8) is 0 Å². The van der Waals surface area contributed by atoms with Crippen molar-refractivity contribution in [3.05, 3.63) is 35.1 Å². The van der Waals surface area contributed by atoms with Crippen molar-refractivity contribution in [3.8, 4) is 23.0 Å². The minimum absolute atomic E-state index is 0.407. The average Bonchev–Trinajstić information content (AvgIpc) is 2.74. The Morgan fingerprint density at radius 1 is 0.828 bits per heavy atom. The molecule has 0 aliphatic heterocycles. The van der Waals surface area contributed by atoms with Gasteiger partial charge in [0.05, 0.1) is 43.6 Å². The van der Waals surface area contributed by atoms with E-state index in [1.165, 1.54) is 6.33 Å². The first-order valence-electron chi connectivity index (χ1n) is 8.74. The van der Waals surface area contributed by atoms with E-state index < -0.39 is 0 Å². The highest BCUT2D eigenvalue weighted by atomic mass is 79.9. The Bertz CT molecular complexity index is 1000. The van der Waals surface area contributed by atoms with Crippen molar-refractivity contribution in [1.29, 1.82) is 0 Å². The summed E-state index contributed by atoms with van der Waals surface area (Å²) in [6.07, 6.45) is 1.48. The summed E-state index contributed by atoms with van der Waals surface area (Å²) in [5.41, 5.74) is 1.41. The number of halogens is 1. The maximum atomic E-state index is 5.74. The van der Waals surface area contributed by atoms with Gasteiger partial charge in [-0.2, -0.15) is 0 Å². The van der Waals surface area contributed by atoms with Gasteiger partial charge in [-0.1, -0.05) is 0 Å². The zero-order valence-corrected chi connectivity index (χ0v) is 18.2. The number of fused-ring (bicyclic) bond motifs is 1. The molecule has 0 aliphatic carbocycles. The predicted molar refractivity (Wildman–Crippen MR) is 114 cm³/mol. The SMILES string of the molecule is COCCOc1cc2ncnc(Nc3cc(OC)c(Br)cc3OC)c2cc1OC. The normalized spacial score (nSPS) is 10.7. The number of rotatable bonds is 9. The van der Waals surface area contributed by atoms with E-state index in [-0.39, 0.29) is 0 Å². The van der Waals surface area contributed by atoms with Gasteiger partial charge in [0.2, 0.25) is 0 Å². The maximum Gasteiger partial charge on any atom is 0.163 e. The summed E-state index contributed by atoms with van der Waals surface area (Å²) in [5.74, 6) is 3.06. The summed E-state index contributed by atoms with van der Waals surface area (Å²) in [4.78, 5) is 8.75. The summed E-state index contributed by atoms with van der Waals surface area (Å²) >= 11 is 3.46. The van der Waals surface area contributed by atoms with Gasteiger partial charge in [0, 0.05) is 30.7 Å².